The van der Waals surface area contributed by atoms with E-state index in [1.54, 1.807) is 6.20 Å². The van der Waals surface area contributed by atoms with E-state index in [9.17, 15) is 9.50 Å². The highest BCUT2D eigenvalue weighted by Crippen LogP contribution is 2.11. The number of rotatable bonds is 7. The Hall–Kier alpha value is -1.98. The maximum atomic E-state index is 12.7. The number of nitrogens with zero attached hydrogens (tertiary/aromatic N) is 1. The Balaban J connectivity index is 1.65. The van der Waals surface area contributed by atoms with E-state index >= 15 is 0 Å². The molecular weight excluding hydrogens is 259 g/mol. The van der Waals surface area contributed by atoms with Crippen molar-refractivity contribution in [2.24, 2.45) is 0 Å². The van der Waals surface area contributed by atoms with Crippen molar-refractivity contribution < 1.29 is 14.2 Å². The molecule has 0 saturated heterocycles. The molecule has 0 saturated carbocycles. The van der Waals surface area contributed by atoms with Gasteiger partial charge in [-0.2, -0.15) is 0 Å². The first-order valence-corrected chi connectivity index (χ1v) is 6.41. The van der Waals surface area contributed by atoms with Crippen molar-refractivity contribution >= 4 is 0 Å². The minimum atomic E-state index is -0.635. The summed E-state index contributed by atoms with van der Waals surface area (Å²) in [6.07, 6.45) is 1.09. The van der Waals surface area contributed by atoms with Crippen LogP contribution in [0.2, 0.25) is 0 Å². The van der Waals surface area contributed by atoms with Crippen molar-refractivity contribution in [2.45, 2.75) is 12.6 Å². The van der Waals surface area contributed by atoms with Crippen LogP contribution in [0.4, 0.5) is 4.39 Å². The van der Waals surface area contributed by atoms with Crippen molar-refractivity contribution in [2.75, 3.05) is 13.2 Å². The first kappa shape index (κ1) is 14.4. The van der Waals surface area contributed by atoms with E-state index in [1.807, 2.05) is 18.2 Å². The zero-order chi connectivity index (χ0) is 14.2. The summed E-state index contributed by atoms with van der Waals surface area (Å²) in [5, 5.41) is 12.9. The first-order chi connectivity index (χ1) is 9.74. The Morgan fingerprint density at radius 3 is 2.70 bits per heavy atom. The van der Waals surface area contributed by atoms with Crippen molar-refractivity contribution in [3.8, 4) is 5.75 Å². The highest BCUT2D eigenvalue weighted by atomic mass is 19.1. The average molecular weight is 276 g/mol. The van der Waals surface area contributed by atoms with Crippen LogP contribution in [-0.2, 0) is 6.54 Å². The number of aromatic nitrogens is 1. The Morgan fingerprint density at radius 2 is 2.00 bits per heavy atom. The number of aliphatic hydroxyl groups excluding tert-OH is 1. The molecule has 5 heteroatoms. The van der Waals surface area contributed by atoms with Crippen LogP contribution in [0.5, 0.6) is 5.75 Å². The third-order valence-electron chi connectivity index (χ3n) is 2.67. The van der Waals surface area contributed by atoms with Crippen LogP contribution in [-0.4, -0.2) is 29.3 Å². The second kappa shape index (κ2) is 7.57. The summed E-state index contributed by atoms with van der Waals surface area (Å²) < 4.78 is 18.0. The van der Waals surface area contributed by atoms with E-state index in [2.05, 4.69) is 10.3 Å². The van der Waals surface area contributed by atoms with E-state index in [4.69, 9.17) is 4.74 Å². The van der Waals surface area contributed by atoms with Gasteiger partial charge in [-0.25, -0.2) is 4.39 Å². The number of aliphatic hydroxyl groups is 1. The summed E-state index contributed by atoms with van der Waals surface area (Å²) in [5.74, 6) is 0.227. The quantitative estimate of drug-likeness (QED) is 0.809. The van der Waals surface area contributed by atoms with E-state index in [-0.39, 0.29) is 12.4 Å². The van der Waals surface area contributed by atoms with Gasteiger partial charge in [-0.05, 0) is 36.4 Å². The van der Waals surface area contributed by atoms with Crippen LogP contribution in [0.3, 0.4) is 0 Å². The Kier molecular flexibility index (Phi) is 5.46. The molecule has 0 aliphatic rings. The van der Waals surface area contributed by atoms with Crippen molar-refractivity contribution in [1.29, 1.82) is 0 Å². The fourth-order valence-corrected chi connectivity index (χ4v) is 1.65. The number of nitrogens with one attached hydrogen (secondary N) is 1. The number of halogens is 1. The molecule has 1 unspecified atom stereocenters. The predicted octanol–water partition coefficient (Wildman–Crippen LogP) is 1.75. The maximum absolute atomic E-state index is 12.7. The minimum absolute atomic E-state index is 0.154. The number of pyridine rings is 1. The van der Waals surface area contributed by atoms with Gasteiger partial charge in [-0.15, -0.1) is 0 Å². The zero-order valence-electron chi connectivity index (χ0n) is 11.0. The molecule has 0 spiro atoms. The van der Waals surface area contributed by atoms with Crippen molar-refractivity contribution in [3.05, 3.63) is 60.2 Å². The van der Waals surface area contributed by atoms with Crippen LogP contribution in [0.15, 0.2) is 48.7 Å². The summed E-state index contributed by atoms with van der Waals surface area (Å²) in [7, 11) is 0. The number of hydrogen-bond acceptors (Lipinski definition) is 4. The molecule has 2 N–H and O–H groups in total. The molecule has 0 aliphatic carbocycles. The highest BCUT2D eigenvalue weighted by molar-refractivity contribution is 5.22. The van der Waals surface area contributed by atoms with Gasteiger partial charge in [0.05, 0.1) is 5.69 Å². The second-order valence-corrected chi connectivity index (χ2v) is 4.37. The molecule has 2 rings (SSSR count). The molecule has 106 valence electrons. The topological polar surface area (TPSA) is 54.4 Å². The van der Waals surface area contributed by atoms with Gasteiger partial charge in [0.15, 0.2) is 0 Å². The molecule has 1 aromatic carbocycles. The Labute approximate surface area is 117 Å². The number of hydrogen-bond donors (Lipinski definition) is 2. The monoisotopic (exact) mass is 276 g/mol. The van der Waals surface area contributed by atoms with Gasteiger partial charge in [0.2, 0.25) is 0 Å². The van der Waals surface area contributed by atoms with Crippen LogP contribution < -0.4 is 10.1 Å². The molecule has 1 atom stereocenters. The second-order valence-electron chi connectivity index (χ2n) is 4.37. The largest absolute Gasteiger partial charge is 0.491 e. The van der Waals surface area contributed by atoms with Gasteiger partial charge in [-0.1, -0.05) is 6.07 Å². The van der Waals surface area contributed by atoms with E-state index in [0.717, 1.165) is 5.69 Å². The highest BCUT2D eigenvalue weighted by Gasteiger charge is 2.05. The summed E-state index contributed by atoms with van der Waals surface area (Å²) in [5.41, 5.74) is 0.916. The predicted molar refractivity (Wildman–Crippen MR) is 73.8 cm³/mol. The standard InChI is InChI=1S/C15H17FN2O2/c16-12-4-6-15(7-5-12)20-11-14(19)10-17-9-13-3-1-2-8-18-13/h1-8,14,17,19H,9-11H2. The van der Waals surface area contributed by atoms with Gasteiger partial charge in [0, 0.05) is 19.3 Å². The smallest absolute Gasteiger partial charge is 0.123 e. The van der Waals surface area contributed by atoms with Crippen molar-refractivity contribution in [3.63, 3.8) is 0 Å². The van der Waals surface area contributed by atoms with Crippen LogP contribution in [0.1, 0.15) is 5.69 Å². The fourth-order valence-electron chi connectivity index (χ4n) is 1.65. The lowest BCUT2D eigenvalue weighted by Crippen LogP contribution is -2.31. The average Bonchev–Trinajstić information content (AvgIpc) is 2.48. The minimum Gasteiger partial charge on any atom is -0.491 e. The molecule has 2 aromatic rings. The molecule has 4 nitrogen and oxygen atoms in total. The summed E-state index contributed by atoms with van der Waals surface area (Å²) >= 11 is 0. The zero-order valence-corrected chi connectivity index (χ0v) is 11.0. The van der Waals surface area contributed by atoms with Crippen LogP contribution in [0, 0.1) is 5.82 Å². The molecule has 20 heavy (non-hydrogen) atoms. The molecule has 0 radical (unpaired) electrons. The van der Waals surface area contributed by atoms with Crippen molar-refractivity contribution in [1.82, 2.24) is 10.3 Å². The van der Waals surface area contributed by atoms with E-state index < -0.39 is 6.10 Å². The van der Waals surface area contributed by atoms with Gasteiger partial charge in [0.1, 0.15) is 24.3 Å². The first-order valence-electron chi connectivity index (χ1n) is 6.41. The van der Waals surface area contributed by atoms with Crippen LogP contribution in [0.25, 0.3) is 0 Å². The SMILES string of the molecule is OC(CNCc1ccccn1)COc1ccc(F)cc1. The molecule has 0 amide bonds. The molecule has 0 bridgehead atoms. The molecule has 1 aromatic heterocycles. The third kappa shape index (κ3) is 4.95. The molecule has 0 fully saturated rings. The number of benzene rings is 1. The normalized spacial score (nSPS) is 12.1. The fraction of sp³-hybridized carbons (Fsp3) is 0.267. The van der Waals surface area contributed by atoms with Gasteiger partial charge in [-0.3, -0.25) is 4.98 Å². The summed E-state index contributed by atoms with van der Waals surface area (Å²) in [6, 6.07) is 11.4. The van der Waals surface area contributed by atoms with Gasteiger partial charge in [0.25, 0.3) is 0 Å². The lowest BCUT2D eigenvalue weighted by Gasteiger charge is -2.13. The van der Waals surface area contributed by atoms with E-state index in [1.165, 1.54) is 24.3 Å². The van der Waals surface area contributed by atoms with Crippen LogP contribution >= 0.6 is 0 Å². The summed E-state index contributed by atoms with van der Waals surface area (Å²) in [4.78, 5) is 4.17. The Morgan fingerprint density at radius 1 is 1.20 bits per heavy atom. The molecular formula is C15H17FN2O2. The number of ether oxygens (including phenoxy) is 1. The maximum Gasteiger partial charge on any atom is 0.123 e. The summed E-state index contributed by atoms with van der Waals surface area (Å²) in [6.45, 7) is 1.15. The van der Waals surface area contributed by atoms with Gasteiger partial charge >= 0.3 is 0 Å². The lowest BCUT2D eigenvalue weighted by atomic mass is 10.3. The molecule has 0 aliphatic heterocycles. The van der Waals surface area contributed by atoms with E-state index in [0.29, 0.717) is 18.8 Å². The third-order valence-corrected chi connectivity index (χ3v) is 2.67. The molecule has 1 heterocycles. The van der Waals surface area contributed by atoms with Gasteiger partial charge < -0.3 is 15.2 Å². The lowest BCUT2D eigenvalue weighted by molar-refractivity contribution is 0.106. The Bertz CT molecular complexity index is 505.